The number of hydrogen-bond donors (Lipinski definition) is 1. The van der Waals surface area contributed by atoms with Gasteiger partial charge in [-0.25, -0.2) is 17.2 Å². The first-order valence-corrected chi connectivity index (χ1v) is 8.85. The number of halogens is 2. The lowest BCUT2D eigenvalue weighted by Gasteiger charge is -2.28. The van der Waals surface area contributed by atoms with Gasteiger partial charge in [-0.15, -0.1) is 0 Å². The summed E-state index contributed by atoms with van der Waals surface area (Å²) in [6.07, 6.45) is 0.987. The van der Waals surface area contributed by atoms with E-state index in [0.29, 0.717) is 5.69 Å². The number of hydrogen-bond acceptors (Lipinski definition) is 3. The molecule has 0 spiro atoms. The lowest BCUT2D eigenvalue weighted by atomic mass is 10.2. The van der Waals surface area contributed by atoms with Crippen LogP contribution in [0, 0.1) is 11.6 Å². The van der Waals surface area contributed by atoms with Crippen LogP contribution in [0.4, 0.5) is 20.2 Å². The average molecular weight is 354 g/mol. The summed E-state index contributed by atoms with van der Waals surface area (Å²) >= 11 is 0. The number of carbonyl (C=O) groups is 1. The van der Waals surface area contributed by atoms with E-state index in [1.807, 2.05) is 0 Å². The monoisotopic (exact) mass is 354 g/mol. The molecule has 8 heteroatoms. The van der Waals surface area contributed by atoms with Crippen LogP contribution in [0.25, 0.3) is 0 Å². The molecule has 24 heavy (non-hydrogen) atoms. The molecular weight excluding hydrogens is 338 g/mol. The van der Waals surface area contributed by atoms with Crippen LogP contribution in [0.2, 0.25) is 0 Å². The van der Waals surface area contributed by atoms with Crippen LogP contribution >= 0.6 is 0 Å². The Bertz CT molecular complexity index is 842. The first kappa shape index (κ1) is 17.9. The molecule has 0 aliphatic carbocycles. The summed E-state index contributed by atoms with van der Waals surface area (Å²) in [4.78, 5) is 12.3. The Hall–Kier alpha value is -2.48. The molecule has 0 aliphatic rings. The standard InChI is InChI=1S/C16H16F2N2O3S/c1-11(16(21)19-12-8-9-14(17)15(18)10-12)20(24(2,22)23)13-6-4-3-5-7-13/h3-11H,1-2H3,(H,19,21)/t11-/m1/s1. The molecular formula is C16H16F2N2O3S. The fraction of sp³-hybridized carbons (Fsp3) is 0.188. The van der Waals surface area contributed by atoms with Crippen LogP contribution in [-0.2, 0) is 14.8 Å². The van der Waals surface area contributed by atoms with E-state index in [-0.39, 0.29) is 5.69 Å². The van der Waals surface area contributed by atoms with Crippen molar-refractivity contribution in [1.29, 1.82) is 0 Å². The lowest BCUT2D eigenvalue weighted by molar-refractivity contribution is -0.116. The van der Waals surface area contributed by atoms with Gasteiger partial charge in [0.25, 0.3) is 0 Å². The number of para-hydroxylation sites is 1. The van der Waals surface area contributed by atoms with Crippen LogP contribution < -0.4 is 9.62 Å². The first-order valence-electron chi connectivity index (χ1n) is 7.00. The van der Waals surface area contributed by atoms with E-state index < -0.39 is 33.6 Å². The van der Waals surface area contributed by atoms with E-state index in [0.717, 1.165) is 22.7 Å². The molecule has 0 radical (unpaired) electrons. The smallest absolute Gasteiger partial charge is 0.247 e. The topological polar surface area (TPSA) is 66.5 Å². The van der Waals surface area contributed by atoms with E-state index in [4.69, 9.17) is 0 Å². The van der Waals surface area contributed by atoms with Gasteiger partial charge >= 0.3 is 0 Å². The molecule has 0 bridgehead atoms. The van der Waals surface area contributed by atoms with Crippen LogP contribution in [0.1, 0.15) is 6.92 Å². The number of sulfonamides is 1. The molecule has 0 unspecified atom stereocenters. The van der Waals surface area contributed by atoms with E-state index >= 15 is 0 Å². The highest BCUT2D eigenvalue weighted by Crippen LogP contribution is 2.21. The van der Waals surface area contributed by atoms with Crippen molar-refractivity contribution >= 4 is 27.3 Å². The molecule has 0 heterocycles. The molecule has 0 saturated carbocycles. The molecule has 2 rings (SSSR count). The fourth-order valence-corrected chi connectivity index (χ4v) is 3.38. The molecule has 1 N–H and O–H groups in total. The van der Waals surface area contributed by atoms with Gasteiger partial charge in [0.2, 0.25) is 15.9 Å². The predicted molar refractivity (Wildman–Crippen MR) is 88.2 cm³/mol. The Morgan fingerprint density at radius 2 is 1.71 bits per heavy atom. The number of rotatable bonds is 5. The number of nitrogens with zero attached hydrogens (tertiary/aromatic N) is 1. The van der Waals surface area contributed by atoms with Crippen molar-refractivity contribution < 1.29 is 22.0 Å². The maximum absolute atomic E-state index is 13.2. The molecule has 0 aromatic heterocycles. The third-order valence-corrected chi connectivity index (χ3v) is 4.53. The normalized spacial score (nSPS) is 12.5. The number of benzene rings is 2. The molecule has 0 aliphatic heterocycles. The van der Waals surface area contributed by atoms with Crippen molar-refractivity contribution in [1.82, 2.24) is 0 Å². The fourth-order valence-electron chi connectivity index (χ4n) is 2.20. The van der Waals surface area contributed by atoms with Gasteiger partial charge in [0, 0.05) is 11.8 Å². The third-order valence-electron chi connectivity index (χ3n) is 3.29. The summed E-state index contributed by atoms with van der Waals surface area (Å²) in [7, 11) is -3.73. The summed E-state index contributed by atoms with van der Waals surface area (Å²) in [5.74, 6) is -2.82. The summed E-state index contributed by atoms with van der Waals surface area (Å²) in [6.45, 7) is 1.41. The minimum atomic E-state index is -3.73. The van der Waals surface area contributed by atoms with Crippen molar-refractivity contribution in [2.24, 2.45) is 0 Å². The lowest BCUT2D eigenvalue weighted by Crippen LogP contribution is -2.45. The third kappa shape index (κ3) is 4.08. The van der Waals surface area contributed by atoms with Crippen molar-refractivity contribution in [3.8, 4) is 0 Å². The summed E-state index contributed by atoms with van der Waals surface area (Å²) < 4.78 is 51.2. The average Bonchev–Trinajstić information content (AvgIpc) is 2.50. The molecule has 1 amide bonds. The van der Waals surface area contributed by atoms with Crippen molar-refractivity contribution in [2.45, 2.75) is 13.0 Å². The van der Waals surface area contributed by atoms with E-state index in [2.05, 4.69) is 5.32 Å². The zero-order chi connectivity index (χ0) is 17.9. The summed E-state index contributed by atoms with van der Waals surface area (Å²) in [5.41, 5.74) is 0.361. The van der Waals surface area contributed by atoms with Crippen LogP contribution in [0.5, 0.6) is 0 Å². The van der Waals surface area contributed by atoms with Gasteiger partial charge in [-0.3, -0.25) is 9.10 Å². The zero-order valence-electron chi connectivity index (χ0n) is 13.0. The SMILES string of the molecule is C[C@H](C(=O)Nc1ccc(F)c(F)c1)N(c1ccccc1)S(C)(=O)=O. The second-order valence-electron chi connectivity index (χ2n) is 5.19. The van der Waals surface area contributed by atoms with E-state index in [1.165, 1.54) is 13.0 Å². The summed E-state index contributed by atoms with van der Waals surface area (Å²) in [5, 5.41) is 2.38. The number of amides is 1. The van der Waals surface area contributed by atoms with Crippen LogP contribution in [-0.4, -0.2) is 26.6 Å². The summed E-state index contributed by atoms with van der Waals surface area (Å²) in [6, 6.07) is 9.93. The Balaban J connectivity index is 2.27. The molecule has 0 saturated heterocycles. The maximum atomic E-state index is 13.2. The quantitative estimate of drug-likeness (QED) is 0.898. The van der Waals surface area contributed by atoms with Gasteiger partial charge in [-0.2, -0.15) is 0 Å². The Labute approximate surface area is 139 Å². The second-order valence-corrected chi connectivity index (χ2v) is 7.05. The molecule has 1 atom stereocenters. The van der Waals surface area contributed by atoms with Gasteiger partial charge in [0.05, 0.1) is 11.9 Å². The molecule has 128 valence electrons. The van der Waals surface area contributed by atoms with Gasteiger partial charge < -0.3 is 5.32 Å². The van der Waals surface area contributed by atoms with Crippen molar-refractivity contribution in [2.75, 3.05) is 15.9 Å². The molecule has 5 nitrogen and oxygen atoms in total. The number of nitrogens with one attached hydrogen (secondary N) is 1. The molecule has 2 aromatic rings. The van der Waals surface area contributed by atoms with Gasteiger partial charge in [-0.1, -0.05) is 18.2 Å². The Kier molecular flexibility index (Phi) is 5.18. The minimum Gasteiger partial charge on any atom is -0.324 e. The Morgan fingerprint density at radius 3 is 2.25 bits per heavy atom. The first-order chi connectivity index (χ1) is 11.2. The second kappa shape index (κ2) is 6.96. The predicted octanol–water partition coefficient (Wildman–Crippen LogP) is 2.76. The van der Waals surface area contributed by atoms with Crippen LogP contribution in [0.15, 0.2) is 48.5 Å². The molecule has 2 aromatic carbocycles. The maximum Gasteiger partial charge on any atom is 0.247 e. The van der Waals surface area contributed by atoms with E-state index in [9.17, 15) is 22.0 Å². The van der Waals surface area contributed by atoms with Crippen LogP contribution in [0.3, 0.4) is 0 Å². The highest BCUT2D eigenvalue weighted by atomic mass is 32.2. The van der Waals surface area contributed by atoms with Crippen molar-refractivity contribution in [3.05, 3.63) is 60.2 Å². The van der Waals surface area contributed by atoms with Gasteiger partial charge in [0.1, 0.15) is 6.04 Å². The van der Waals surface area contributed by atoms with Gasteiger partial charge in [0.15, 0.2) is 11.6 Å². The highest BCUT2D eigenvalue weighted by molar-refractivity contribution is 7.92. The van der Waals surface area contributed by atoms with E-state index in [1.54, 1.807) is 30.3 Å². The number of anilines is 2. The number of carbonyl (C=O) groups excluding carboxylic acids is 1. The highest BCUT2D eigenvalue weighted by Gasteiger charge is 2.29. The van der Waals surface area contributed by atoms with Crippen molar-refractivity contribution in [3.63, 3.8) is 0 Å². The van der Waals surface area contributed by atoms with Gasteiger partial charge in [-0.05, 0) is 31.2 Å². The zero-order valence-corrected chi connectivity index (χ0v) is 13.8. The molecule has 0 fully saturated rings. The largest absolute Gasteiger partial charge is 0.324 e. The minimum absolute atomic E-state index is 0.0345. The Morgan fingerprint density at radius 1 is 1.08 bits per heavy atom.